The number of aliphatic carboxylic acids is 1. The fourth-order valence-electron chi connectivity index (χ4n) is 6.01. The van der Waals surface area contributed by atoms with Gasteiger partial charge in [0.15, 0.2) is 0 Å². The number of carboxylic acid groups (broad SMARTS) is 1. The molecule has 3 saturated heterocycles. The number of ether oxygens (including phenoxy) is 1. The van der Waals surface area contributed by atoms with E-state index >= 15 is 0 Å². The Bertz CT molecular complexity index is 1030. The van der Waals surface area contributed by atoms with E-state index in [-0.39, 0.29) is 23.6 Å². The highest BCUT2D eigenvalue weighted by atomic mass is 19.4. The van der Waals surface area contributed by atoms with Gasteiger partial charge in [0.25, 0.3) is 5.91 Å². The Morgan fingerprint density at radius 1 is 1.10 bits per heavy atom. The first-order chi connectivity index (χ1) is 18.3. The first kappa shape index (κ1) is 30.7. The van der Waals surface area contributed by atoms with E-state index in [9.17, 15) is 22.8 Å². The molecule has 3 heterocycles. The molecule has 1 aromatic rings. The Morgan fingerprint density at radius 2 is 1.69 bits per heavy atom. The van der Waals surface area contributed by atoms with Crippen molar-refractivity contribution < 1.29 is 37.4 Å². The summed E-state index contributed by atoms with van der Waals surface area (Å²) in [6.07, 6.45) is 1.92. The molecule has 3 aliphatic rings. The van der Waals surface area contributed by atoms with Crippen molar-refractivity contribution in [3.05, 3.63) is 34.9 Å². The molecule has 0 radical (unpaired) electrons. The van der Waals surface area contributed by atoms with Crippen molar-refractivity contribution in [1.29, 1.82) is 0 Å². The number of likely N-dealkylation sites (N-methyl/N-ethyl adjacent to an activating group) is 1. The Kier molecular flexibility index (Phi) is 9.90. The topological polar surface area (TPSA) is 90.4 Å². The maximum absolute atomic E-state index is 13.0. The Hall–Kier alpha value is -2.82. The normalized spacial score (nSPS) is 21.9. The number of amides is 2. The van der Waals surface area contributed by atoms with Crippen LogP contribution in [0.15, 0.2) is 18.2 Å². The number of benzene rings is 1. The third-order valence-corrected chi connectivity index (χ3v) is 8.25. The van der Waals surface area contributed by atoms with Gasteiger partial charge >= 0.3 is 18.2 Å². The largest absolute Gasteiger partial charge is 0.490 e. The molecule has 4 rings (SSSR count). The number of piperidine rings is 2. The standard InChI is InChI=1S/C26H39N3O3.C2HF3O2/c1-5-6-7-23-26(32-25(31)27(23)4)12-16-28(17-13-26)21-10-14-29(15-11-21)24(30)22-9-8-19(2)18-20(22)3;3-2(4,5)1(6)7/h8-9,18,21,23H,5-7,10-17H2,1-4H3;(H,6,7). The number of alkyl halides is 3. The Morgan fingerprint density at radius 3 is 2.21 bits per heavy atom. The third kappa shape index (κ3) is 7.23. The van der Waals surface area contributed by atoms with Gasteiger partial charge in [0.1, 0.15) is 5.60 Å². The Balaban J connectivity index is 0.000000532. The SMILES string of the molecule is CCCCC1N(C)C(=O)OC12CCN(C1CCN(C(=O)c3ccc(C)cc3C)CC1)CC2.O=C(O)C(F)(F)F. The molecule has 1 aromatic carbocycles. The summed E-state index contributed by atoms with van der Waals surface area (Å²) in [4.78, 5) is 40.7. The van der Waals surface area contributed by atoms with Crippen molar-refractivity contribution in [2.45, 2.75) is 89.6 Å². The van der Waals surface area contributed by atoms with E-state index in [0.717, 1.165) is 82.3 Å². The van der Waals surface area contributed by atoms with Crippen LogP contribution in [0.25, 0.3) is 0 Å². The molecule has 0 aliphatic carbocycles. The molecule has 3 fully saturated rings. The van der Waals surface area contributed by atoms with Gasteiger partial charge in [0.05, 0.1) is 6.04 Å². The lowest BCUT2D eigenvalue weighted by Gasteiger charge is -2.46. The molecule has 39 heavy (non-hydrogen) atoms. The number of hydrogen-bond acceptors (Lipinski definition) is 5. The van der Waals surface area contributed by atoms with Gasteiger partial charge in [-0.05, 0) is 44.7 Å². The number of halogens is 3. The van der Waals surface area contributed by atoms with E-state index in [4.69, 9.17) is 14.6 Å². The average Bonchev–Trinajstić information content (AvgIpc) is 3.11. The van der Waals surface area contributed by atoms with E-state index in [1.807, 2.05) is 35.9 Å². The van der Waals surface area contributed by atoms with Gasteiger partial charge in [-0.3, -0.25) is 9.69 Å². The molecule has 0 saturated carbocycles. The second-order valence-electron chi connectivity index (χ2n) is 10.9. The highest BCUT2D eigenvalue weighted by Gasteiger charge is 2.53. The zero-order chi connectivity index (χ0) is 29.0. The molecule has 11 heteroatoms. The lowest BCUT2D eigenvalue weighted by atomic mass is 9.81. The number of aryl methyl sites for hydroxylation is 2. The monoisotopic (exact) mass is 555 g/mol. The number of likely N-dealkylation sites (tertiary alicyclic amines) is 2. The van der Waals surface area contributed by atoms with Gasteiger partial charge in [0, 0.05) is 57.7 Å². The quantitative estimate of drug-likeness (QED) is 0.549. The van der Waals surface area contributed by atoms with E-state index in [0.29, 0.717) is 6.04 Å². The summed E-state index contributed by atoms with van der Waals surface area (Å²) in [6.45, 7) is 9.86. The van der Waals surface area contributed by atoms with Crippen LogP contribution < -0.4 is 0 Å². The fraction of sp³-hybridized carbons (Fsp3) is 0.679. The van der Waals surface area contributed by atoms with Crippen molar-refractivity contribution in [3.63, 3.8) is 0 Å². The van der Waals surface area contributed by atoms with Crippen molar-refractivity contribution in [3.8, 4) is 0 Å². The van der Waals surface area contributed by atoms with E-state index in [2.05, 4.69) is 24.8 Å². The number of unbranched alkanes of at least 4 members (excludes halogenated alkanes) is 1. The minimum absolute atomic E-state index is 0.155. The van der Waals surface area contributed by atoms with Crippen LogP contribution in [-0.2, 0) is 9.53 Å². The molecular weight excluding hydrogens is 515 g/mol. The molecule has 218 valence electrons. The van der Waals surface area contributed by atoms with Crippen LogP contribution in [0.4, 0.5) is 18.0 Å². The van der Waals surface area contributed by atoms with Crippen LogP contribution in [0.2, 0.25) is 0 Å². The summed E-state index contributed by atoms with van der Waals surface area (Å²) < 4.78 is 37.7. The van der Waals surface area contributed by atoms with Crippen molar-refractivity contribution in [1.82, 2.24) is 14.7 Å². The fourth-order valence-corrected chi connectivity index (χ4v) is 6.01. The van der Waals surface area contributed by atoms with Crippen molar-refractivity contribution in [2.75, 3.05) is 33.2 Å². The van der Waals surface area contributed by atoms with Gasteiger partial charge in [0.2, 0.25) is 0 Å². The van der Waals surface area contributed by atoms with Crippen LogP contribution in [0.3, 0.4) is 0 Å². The average molecular weight is 556 g/mol. The number of carbonyl (C=O) groups excluding carboxylic acids is 2. The maximum Gasteiger partial charge on any atom is 0.490 e. The first-order valence-electron chi connectivity index (χ1n) is 13.7. The zero-order valence-electron chi connectivity index (χ0n) is 23.2. The van der Waals surface area contributed by atoms with Gasteiger partial charge in [-0.15, -0.1) is 0 Å². The third-order valence-electron chi connectivity index (χ3n) is 8.25. The van der Waals surface area contributed by atoms with E-state index in [1.165, 1.54) is 5.56 Å². The van der Waals surface area contributed by atoms with Gasteiger partial charge in [-0.1, -0.05) is 37.5 Å². The van der Waals surface area contributed by atoms with Crippen LogP contribution in [0, 0.1) is 13.8 Å². The summed E-state index contributed by atoms with van der Waals surface area (Å²) in [5, 5.41) is 7.12. The van der Waals surface area contributed by atoms with Gasteiger partial charge < -0.3 is 19.6 Å². The highest BCUT2D eigenvalue weighted by Crippen LogP contribution is 2.41. The zero-order valence-corrected chi connectivity index (χ0v) is 23.2. The summed E-state index contributed by atoms with van der Waals surface area (Å²) in [5.74, 6) is -2.59. The van der Waals surface area contributed by atoms with Crippen molar-refractivity contribution >= 4 is 18.0 Å². The number of carbonyl (C=O) groups is 3. The second-order valence-corrected chi connectivity index (χ2v) is 10.9. The van der Waals surface area contributed by atoms with Crippen LogP contribution in [-0.4, -0.2) is 94.9 Å². The minimum atomic E-state index is -5.08. The number of carboxylic acids is 1. The minimum Gasteiger partial charge on any atom is -0.475 e. The van der Waals surface area contributed by atoms with E-state index < -0.39 is 12.1 Å². The molecular formula is C28H40F3N3O5. The molecule has 0 bridgehead atoms. The molecule has 1 N–H and O–H groups in total. The summed E-state index contributed by atoms with van der Waals surface area (Å²) in [7, 11) is 1.90. The van der Waals surface area contributed by atoms with Crippen LogP contribution in [0.5, 0.6) is 0 Å². The van der Waals surface area contributed by atoms with E-state index in [1.54, 1.807) is 0 Å². The lowest BCUT2D eigenvalue weighted by Crippen LogP contribution is -2.55. The van der Waals surface area contributed by atoms with Gasteiger partial charge in [-0.2, -0.15) is 13.2 Å². The number of nitrogens with zero attached hydrogens (tertiary/aromatic N) is 3. The summed E-state index contributed by atoms with van der Waals surface area (Å²) in [5.41, 5.74) is 2.78. The molecule has 1 unspecified atom stereocenters. The summed E-state index contributed by atoms with van der Waals surface area (Å²) >= 11 is 0. The summed E-state index contributed by atoms with van der Waals surface area (Å²) in [6, 6.07) is 6.80. The van der Waals surface area contributed by atoms with Crippen LogP contribution >= 0.6 is 0 Å². The van der Waals surface area contributed by atoms with Gasteiger partial charge in [-0.25, -0.2) is 9.59 Å². The second kappa shape index (κ2) is 12.6. The number of rotatable bonds is 5. The lowest BCUT2D eigenvalue weighted by molar-refractivity contribution is -0.192. The molecule has 1 spiro atoms. The molecule has 3 aliphatic heterocycles. The maximum atomic E-state index is 13.0. The van der Waals surface area contributed by atoms with Crippen LogP contribution in [0.1, 0.15) is 73.4 Å². The molecule has 1 atom stereocenters. The smallest absolute Gasteiger partial charge is 0.475 e. The Labute approximate surface area is 228 Å². The predicted octanol–water partition coefficient (Wildman–Crippen LogP) is 5.02. The predicted molar refractivity (Wildman–Crippen MR) is 140 cm³/mol. The molecule has 8 nitrogen and oxygen atoms in total. The van der Waals surface area contributed by atoms with Crippen molar-refractivity contribution in [2.24, 2.45) is 0 Å². The first-order valence-corrected chi connectivity index (χ1v) is 13.7. The molecule has 0 aromatic heterocycles. The molecule has 2 amide bonds. The number of hydrogen-bond donors (Lipinski definition) is 1. The highest BCUT2D eigenvalue weighted by molar-refractivity contribution is 5.95.